The van der Waals surface area contributed by atoms with Crippen LogP contribution in [0.25, 0.3) is 45.4 Å². The van der Waals surface area contributed by atoms with E-state index in [1.54, 1.807) is 0 Å². The maximum Gasteiger partial charge on any atom is 2.00 e. The van der Waals surface area contributed by atoms with Gasteiger partial charge in [0, 0.05) is 12.8 Å². The number of allylic oxidation sites excluding steroid dienone is 2. The Balaban J connectivity index is 0.00000353. The molecule has 8 nitrogen and oxygen atoms in total. The van der Waals surface area contributed by atoms with Gasteiger partial charge in [-0.15, -0.1) is 22.1 Å². The zero-order chi connectivity index (χ0) is 27.1. The quantitative estimate of drug-likeness (QED) is 0.385. The number of aliphatic carboxylic acids is 2. The molecule has 1 radical (unpaired) electrons. The van der Waals surface area contributed by atoms with E-state index in [0.717, 1.165) is 67.2 Å². The normalized spacial score (nSPS) is 12.5. The molecule has 2 aliphatic heterocycles. The van der Waals surface area contributed by atoms with E-state index in [4.69, 9.17) is 19.9 Å². The molecule has 0 spiro atoms. The third kappa shape index (κ3) is 5.75. The Morgan fingerprint density at radius 3 is 1.59 bits per heavy atom. The van der Waals surface area contributed by atoms with Crippen molar-refractivity contribution in [3.05, 3.63) is 69.3 Å². The van der Waals surface area contributed by atoms with Gasteiger partial charge in [-0.25, -0.2) is 9.97 Å². The van der Waals surface area contributed by atoms with Crippen molar-refractivity contribution in [2.75, 3.05) is 0 Å². The number of nitrogens with zero attached hydrogens (tertiary/aromatic N) is 4. The van der Waals surface area contributed by atoms with E-state index in [-0.39, 0.29) is 29.9 Å². The molecule has 5 rings (SSSR count). The average Bonchev–Trinajstić information content (AvgIpc) is 3.53. The fraction of sp³-hybridized carbons (Fsp3) is 0.267. The number of aromatic nitrogens is 4. The van der Waals surface area contributed by atoms with Crippen LogP contribution in [0.15, 0.2) is 24.3 Å². The average molecular weight is 564 g/mol. The van der Waals surface area contributed by atoms with E-state index in [0.29, 0.717) is 23.9 Å². The molecule has 0 saturated carbocycles. The summed E-state index contributed by atoms with van der Waals surface area (Å²) in [5.41, 5.74) is 11.4. The summed E-state index contributed by atoms with van der Waals surface area (Å²) < 4.78 is 0. The molecule has 0 aromatic carbocycles. The summed E-state index contributed by atoms with van der Waals surface area (Å²) >= 11 is 0. The molecule has 0 saturated heterocycles. The maximum atomic E-state index is 11.4. The second-order valence-electron chi connectivity index (χ2n) is 9.84. The zero-order valence-corrected chi connectivity index (χ0v) is 23.4. The van der Waals surface area contributed by atoms with Crippen LogP contribution < -0.4 is 9.97 Å². The number of carbonyl (C=O) groups is 2. The van der Waals surface area contributed by atoms with E-state index in [9.17, 15) is 19.8 Å². The largest absolute Gasteiger partial charge is 2.00 e. The van der Waals surface area contributed by atoms with Crippen molar-refractivity contribution in [1.29, 1.82) is 0 Å². The van der Waals surface area contributed by atoms with Gasteiger partial charge in [0.05, 0.1) is 22.8 Å². The summed E-state index contributed by atoms with van der Waals surface area (Å²) in [6.45, 7) is 7.89. The Kier molecular flexibility index (Phi) is 7.95. The van der Waals surface area contributed by atoms with Crippen LogP contribution in [0.2, 0.25) is 0 Å². The van der Waals surface area contributed by atoms with Crippen molar-refractivity contribution in [2.45, 2.75) is 53.4 Å². The number of hydrogen-bond donors (Lipinski definition) is 2. The molecule has 2 aliphatic rings. The minimum atomic E-state index is -0.882. The SMILES string of the molecule is CC1=Cc2cc3[n-]c(cc4[n-]c(cc5nc(cc1n2)C=C5C)c(C)c4CCC(=O)O)c(CCC(=O)O)c3C.[Mn+2]. The summed E-state index contributed by atoms with van der Waals surface area (Å²) in [6.07, 6.45) is 4.61. The minimum absolute atomic E-state index is 0. The molecule has 3 aromatic rings. The number of fused-ring (bicyclic) bond motifs is 8. The first-order valence-corrected chi connectivity index (χ1v) is 12.5. The van der Waals surface area contributed by atoms with Gasteiger partial charge >= 0.3 is 29.0 Å². The van der Waals surface area contributed by atoms with E-state index in [1.807, 2.05) is 64.1 Å². The van der Waals surface area contributed by atoms with E-state index in [2.05, 4.69) is 0 Å². The van der Waals surface area contributed by atoms with Crippen LogP contribution in [0, 0.1) is 13.8 Å². The first-order valence-electron chi connectivity index (χ1n) is 12.5. The van der Waals surface area contributed by atoms with Crippen molar-refractivity contribution in [2.24, 2.45) is 0 Å². The van der Waals surface area contributed by atoms with Crippen LogP contribution in [-0.2, 0) is 39.5 Å². The van der Waals surface area contributed by atoms with Crippen LogP contribution >= 0.6 is 0 Å². The molecule has 5 heterocycles. The number of carboxylic acids is 2. The smallest absolute Gasteiger partial charge is 0.657 e. The van der Waals surface area contributed by atoms with Crippen molar-refractivity contribution >= 4 is 57.3 Å². The van der Waals surface area contributed by atoms with Gasteiger partial charge in [-0.2, -0.15) is 0 Å². The topological polar surface area (TPSA) is 129 Å². The van der Waals surface area contributed by atoms with Crippen molar-refractivity contribution in [1.82, 2.24) is 19.9 Å². The number of aryl methyl sites for hydroxylation is 4. The minimum Gasteiger partial charge on any atom is -0.657 e. The van der Waals surface area contributed by atoms with Crippen LogP contribution in [-0.4, -0.2) is 32.1 Å². The summed E-state index contributed by atoms with van der Waals surface area (Å²) in [5, 5.41) is 18.7. The van der Waals surface area contributed by atoms with Crippen LogP contribution in [0.4, 0.5) is 0 Å². The predicted molar refractivity (Wildman–Crippen MR) is 147 cm³/mol. The second kappa shape index (κ2) is 11.0. The molecular formula is C30H28MnN4O4. The summed E-state index contributed by atoms with van der Waals surface area (Å²) in [5.74, 6) is -1.76. The number of carboxylic acid groups (broad SMARTS) is 2. The molecule has 0 fully saturated rings. The third-order valence-electron chi connectivity index (χ3n) is 7.10. The molecule has 0 unspecified atom stereocenters. The molecule has 2 N–H and O–H groups in total. The van der Waals surface area contributed by atoms with Crippen LogP contribution in [0.3, 0.4) is 0 Å². The Labute approximate surface area is 236 Å². The summed E-state index contributed by atoms with van der Waals surface area (Å²) in [4.78, 5) is 42.2. The monoisotopic (exact) mass is 563 g/mol. The van der Waals surface area contributed by atoms with Crippen LogP contribution in [0.1, 0.15) is 71.7 Å². The summed E-state index contributed by atoms with van der Waals surface area (Å²) in [7, 11) is 0. The first-order chi connectivity index (χ1) is 18.1. The Hall–Kier alpha value is -3.94. The van der Waals surface area contributed by atoms with Gasteiger partial charge in [0.1, 0.15) is 0 Å². The van der Waals surface area contributed by atoms with Crippen molar-refractivity contribution in [3.63, 3.8) is 0 Å². The molecule has 199 valence electrons. The molecule has 0 amide bonds. The van der Waals surface area contributed by atoms with Crippen molar-refractivity contribution in [3.8, 4) is 0 Å². The fourth-order valence-electron chi connectivity index (χ4n) is 4.96. The Bertz CT molecular complexity index is 1730. The first kappa shape index (κ1) is 28.1. The van der Waals surface area contributed by atoms with E-state index < -0.39 is 11.9 Å². The van der Waals surface area contributed by atoms with Gasteiger partial charge in [-0.1, -0.05) is 40.5 Å². The van der Waals surface area contributed by atoms with Gasteiger partial charge in [0.2, 0.25) is 0 Å². The van der Waals surface area contributed by atoms with Gasteiger partial charge in [0.25, 0.3) is 0 Å². The zero-order valence-electron chi connectivity index (χ0n) is 22.2. The van der Waals surface area contributed by atoms with Gasteiger partial charge in [-0.05, 0) is 69.9 Å². The summed E-state index contributed by atoms with van der Waals surface area (Å²) in [6, 6.07) is 7.66. The van der Waals surface area contributed by atoms with Gasteiger partial charge < -0.3 is 20.2 Å². The Morgan fingerprint density at radius 2 is 1.10 bits per heavy atom. The molecule has 0 atom stereocenters. The molecule has 39 heavy (non-hydrogen) atoms. The Morgan fingerprint density at radius 1 is 0.667 bits per heavy atom. The molecule has 3 aromatic heterocycles. The predicted octanol–water partition coefficient (Wildman–Crippen LogP) is 5.34. The van der Waals surface area contributed by atoms with Crippen molar-refractivity contribution < 1.29 is 36.9 Å². The molecule has 9 heteroatoms. The number of hydrogen-bond acceptors (Lipinski definition) is 4. The van der Waals surface area contributed by atoms with E-state index in [1.165, 1.54) is 0 Å². The maximum absolute atomic E-state index is 11.4. The molecule has 0 aliphatic carbocycles. The third-order valence-corrected chi connectivity index (χ3v) is 7.10. The fourth-order valence-corrected chi connectivity index (χ4v) is 4.96. The molecular weight excluding hydrogens is 535 g/mol. The van der Waals surface area contributed by atoms with Gasteiger partial charge in [0.15, 0.2) is 0 Å². The molecule has 8 bridgehead atoms. The van der Waals surface area contributed by atoms with E-state index >= 15 is 0 Å². The second-order valence-corrected chi connectivity index (χ2v) is 9.84. The van der Waals surface area contributed by atoms with Gasteiger partial charge in [-0.3, -0.25) is 9.59 Å². The van der Waals surface area contributed by atoms with Crippen LogP contribution in [0.5, 0.6) is 0 Å². The number of rotatable bonds is 6. The standard InChI is InChI=1S/C30H30N4O4.Mn/c1-15-9-20-12-25-17(3)21(5-7-29(35)36)27(33-25)14-28-22(6-8-30(37)38)18(4)26(34-28)13-24-16(2)10-19(32-24)11-23(15)31-20;/h9-14H,5-8H2,1-4H3,(H4,31,32,33,34,35,36,37,38);/q;+2/p-2.